The van der Waals surface area contributed by atoms with Gasteiger partial charge in [0, 0.05) is 6.54 Å². The van der Waals surface area contributed by atoms with Crippen molar-refractivity contribution in [3.05, 3.63) is 66.0 Å². The van der Waals surface area contributed by atoms with Crippen LogP contribution >= 0.6 is 0 Å². The second-order valence-electron chi connectivity index (χ2n) is 5.33. The summed E-state index contributed by atoms with van der Waals surface area (Å²) in [5.41, 5.74) is 9.93. The van der Waals surface area contributed by atoms with Crippen molar-refractivity contribution >= 4 is 11.0 Å². The van der Waals surface area contributed by atoms with E-state index in [-0.39, 0.29) is 6.04 Å². The molecule has 21 heavy (non-hydrogen) atoms. The lowest BCUT2D eigenvalue weighted by Gasteiger charge is -2.13. The Balaban J connectivity index is 1.82. The van der Waals surface area contributed by atoms with Crippen LogP contribution in [-0.2, 0) is 13.0 Å². The number of hydrogen-bond acceptors (Lipinski definition) is 2. The molecule has 0 saturated heterocycles. The number of nitrogens with two attached hydrogens (primary N) is 1. The maximum absolute atomic E-state index is 6.40. The Morgan fingerprint density at radius 2 is 1.76 bits per heavy atom. The number of aryl methyl sites for hydroxylation is 2. The Hall–Kier alpha value is -2.13. The fourth-order valence-corrected chi connectivity index (χ4v) is 2.81. The summed E-state index contributed by atoms with van der Waals surface area (Å²) in [5.74, 6) is 0.995. The third-order valence-electron chi connectivity index (χ3n) is 3.92. The van der Waals surface area contributed by atoms with Crippen LogP contribution in [0.15, 0.2) is 54.6 Å². The highest BCUT2D eigenvalue weighted by Gasteiger charge is 2.15. The quantitative estimate of drug-likeness (QED) is 0.774. The zero-order valence-corrected chi connectivity index (χ0v) is 12.4. The summed E-state index contributed by atoms with van der Waals surface area (Å²) < 4.78 is 2.23. The highest BCUT2D eigenvalue weighted by atomic mass is 15.1. The third kappa shape index (κ3) is 2.83. The summed E-state index contributed by atoms with van der Waals surface area (Å²) in [5, 5.41) is 0. The van der Waals surface area contributed by atoms with Crippen LogP contribution in [0.1, 0.15) is 30.8 Å². The van der Waals surface area contributed by atoms with E-state index >= 15 is 0 Å². The molecular formula is C18H21N3. The Bertz CT molecular complexity index is 716. The van der Waals surface area contributed by atoms with Crippen molar-refractivity contribution in [2.24, 2.45) is 5.73 Å². The van der Waals surface area contributed by atoms with E-state index in [1.54, 1.807) is 0 Å². The third-order valence-corrected chi connectivity index (χ3v) is 3.92. The van der Waals surface area contributed by atoms with Gasteiger partial charge in [-0.2, -0.15) is 0 Å². The van der Waals surface area contributed by atoms with Crippen LogP contribution in [0.2, 0.25) is 0 Å². The van der Waals surface area contributed by atoms with Crippen molar-refractivity contribution in [3.8, 4) is 0 Å². The molecular weight excluding hydrogens is 258 g/mol. The number of nitrogens with zero attached hydrogens (tertiary/aromatic N) is 2. The lowest BCUT2D eigenvalue weighted by atomic mass is 10.1. The van der Waals surface area contributed by atoms with Crippen molar-refractivity contribution in [1.29, 1.82) is 0 Å². The van der Waals surface area contributed by atoms with Crippen molar-refractivity contribution in [2.45, 2.75) is 32.4 Å². The molecule has 0 spiro atoms. The summed E-state index contributed by atoms with van der Waals surface area (Å²) in [6.45, 7) is 3.04. The first kappa shape index (κ1) is 13.8. The number of hydrogen-bond donors (Lipinski definition) is 1. The van der Waals surface area contributed by atoms with Gasteiger partial charge in [-0.15, -0.1) is 0 Å². The van der Waals surface area contributed by atoms with E-state index in [1.165, 1.54) is 11.1 Å². The number of benzene rings is 2. The predicted molar refractivity (Wildman–Crippen MR) is 87.1 cm³/mol. The van der Waals surface area contributed by atoms with Crippen LogP contribution in [0, 0.1) is 0 Å². The zero-order chi connectivity index (χ0) is 14.7. The molecule has 3 heteroatoms. The van der Waals surface area contributed by atoms with Gasteiger partial charge in [0.25, 0.3) is 0 Å². The average Bonchev–Trinajstić information content (AvgIpc) is 2.92. The number of aromatic nitrogens is 2. The van der Waals surface area contributed by atoms with Crippen LogP contribution in [0.4, 0.5) is 0 Å². The van der Waals surface area contributed by atoms with Crippen molar-refractivity contribution in [3.63, 3.8) is 0 Å². The fraction of sp³-hybridized carbons (Fsp3) is 0.278. The molecule has 1 heterocycles. The number of imidazole rings is 1. The highest BCUT2D eigenvalue weighted by Crippen LogP contribution is 2.22. The Morgan fingerprint density at radius 3 is 2.52 bits per heavy atom. The first-order valence-corrected chi connectivity index (χ1v) is 7.54. The summed E-state index contributed by atoms with van der Waals surface area (Å²) >= 11 is 0. The van der Waals surface area contributed by atoms with Gasteiger partial charge in [0.05, 0.1) is 17.1 Å². The van der Waals surface area contributed by atoms with Gasteiger partial charge in [-0.25, -0.2) is 4.98 Å². The molecule has 1 unspecified atom stereocenters. The largest absolute Gasteiger partial charge is 0.327 e. The van der Waals surface area contributed by atoms with E-state index in [9.17, 15) is 0 Å². The molecule has 0 saturated carbocycles. The smallest absolute Gasteiger partial charge is 0.126 e. The van der Waals surface area contributed by atoms with Gasteiger partial charge in [-0.1, -0.05) is 42.5 Å². The second kappa shape index (κ2) is 6.10. The fourth-order valence-electron chi connectivity index (χ4n) is 2.81. The molecule has 0 radical (unpaired) electrons. The van der Waals surface area contributed by atoms with Crippen molar-refractivity contribution < 1.29 is 0 Å². The van der Waals surface area contributed by atoms with Crippen LogP contribution in [0.3, 0.4) is 0 Å². The first-order chi connectivity index (χ1) is 10.3. The Labute approximate surface area is 125 Å². The molecule has 1 atom stereocenters. The highest BCUT2D eigenvalue weighted by molar-refractivity contribution is 5.76. The van der Waals surface area contributed by atoms with E-state index in [2.05, 4.69) is 54.0 Å². The minimum Gasteiger partial charge on any atom is -0.327 e. The van der Waals surface area contributed by atoms with Crippen LogP contribution in [0.25, 0.3) is 11.0 Å². The van der Waals surface area contributed by atoms with Crippen LogP contribution < -0.4 is 5.73 Å². The Kier molecular flexibility index (Phi) is 4.02. The first-order valence-electron chi connectivity index (χ1n) is 7.54. The maximum atomic E-state index is 6.40. The predicted octanol–water partition coefficient (Wildman–Crippen LogP) is 3.69. The molecule has 2 N–H and O–H groups in total. The van der Waals surface area contributed by atoms with E-state index < -0.39 is 0 Å². The molecule has 0 fully saturated rings. The molecule has 108 valence electrons. The monoisotopic (exact) mass is 279 g/mol. The van der Waals surface area contributed by atoms with Gasteiger partial charge < -0.3 is 10.3 Å². The average molecular weight is 279 g/mol. The van der Waals surface area contributed by atoms with Gasteiger partial charge in [-0.3, -0.25) is 0 Å². The molecule has 0 amide bonds. The van der Waals surface area contributed by atoms with Gasteiger partial charge in [-0.05, 0) is 37.5 Å². The molecule has 2 aromatic carbocycles. The van der Waals surface area contributed by atoms with E-state index in [1.807, 2.05) is 12.1 Å². The van der Waals surface area contributed by atoms with E-state index in [0.29, 0.717) is 0 Å². The number of fused-ring (bicyclic) bond motifs is 1. The summed E-state index contributed by atoms with van der Waals surface area (Å²) in [6.07, 6.45) is 1.89. The minimum atomic E-state index is -0.0300. The molecule has 0 aliphatic rings. The van der Waals surface area contributed by atoms with E-state index in [0.717, 1.165) is 30.7 Å². The lowest BCUT2D eigenvalue weighted by molar-refractivity contribution is 0.573. The number of rotatable bonds is 5. The number of para-hydroxylation sites is 2. The molecule has 0 aliphatic heterocycles. The molecule has 3 aromatic rings. The lowest BCUT2D eigenvalue weighted by Crippen LogP contribution is -2.17. The minimum absolute atomic E-state index is 0.0300. The molecule has 3 nitrogen and oxygen atoms in total. The van der Waals surface area contributed by atoms with Gasteiger partial charge >= 0.3 is 0 Å². The topological polar surface area (TPSA) is 43.8 Å². The normalized spacial score (nSPS) is 12.7. The summed E-state index contributed by atoms with van der Waals surface area (Å²) in [4.78, 5) is 4.73. The Morgan fingerprint density at radius 1 is 1.05 bits per heavy atom. The van der Waals surface area contributed by atoms with Crippen molar-refractivity contribution in [2.75, 3.05) is 0 Å². The standard InChI is InChI=1S/C18H21N3/c1-2-21-17-11-7-6-10-16(17)20-18(21)15(19)13-12-14-8-4-3-5-9-14/h3-11,15H,2,12-13,19H2,1H3. The summed E-state index contributed by atoms with van der Waals surface area (Å²) in [7, 11) is 0. The van der Waals surface area contributed by atoms with Gasteiger partial charge in [0.1, 0.15) is 5.82 Å². The molecule has 0 aliphatic carbocycles. The second-order valence-corrected chi connectivity index (χ2v) is 5.33. The van der Waals surface area contributed by atoms with Gasteiger partial charge in [0.15, 0.2) is 0 Å². The van der Waals surface area contributed by atoms with Crippen LogP contribution in [-0.4, -0.2) is 9.55 Å². The summed E-state index contributed by atoms with van der Waals surface area (Å²) in [6, 6.07) is 18.7. The molecule has 1 aromatic heterocycles. The zero-order valence-electron chi connectivity index (χ0n) is 12.4. The van der Waals surface area contributed by atoms with Crippen LogP contribution in [0.5, 0.6) is 0 Å². The molecule has 0 bridgehead atoms. The van der Waals surface area contributed by atoms with Gasteiger partial charge in [0.2, 0.25) is 0 Å². The SMILES string of the molecule is CCn1c(C(N)CCc2ccccc2)nc2ccccc21. The maximum Gasteiger partial charge on any atom is 0.126 e. The van der Waals surface area contributed by atoms with E-state index in [4.69, 9.17) is 10.7 Å². The van der Waals surface area contributed by atoms with Crippen molar-refractivity contribution in [1.82, 2.24) is 9.55 Å². The molecule has 3 rings (SSSR count).